The van der Waals surface area contributed by atoms with Crippen LogP contribution in [-0.2, 0) is 14.8 Å². The predicted octanol–water partition coefficient (Wildman–Crippen LogP) is 2.94. The van der Waals surface area contributed by atoms with Crippen LogP contribution >= 0.6 is 0 Å². The van der Waals surface area contributed by atoms with E-state index in [-0.39, 0.29) is 35.7 Å². The average molecular weight is 394 g/mol. The third kappa shape index (κ3) is 5.77. The number of hydrogen-bond donors (Lipinski definition) is 1. The first-order valence-corrected chi connectivity index (χ1v) is 9.98. The highest BCUT2D eigenvalue weighted by Crippen LogP contribution is 2.19. The van der Waals surface area contributed by atoms with Crippen LogP contribution in [0.2, 0.25) is 0 Å². The lowest BCUT2D eigenvalue weighted by molar-refractivity contribution is -0.116. The maximum atomic E-state index is 13.9. The Bertz CT molecular complexity index is 883. The fraction of sp³-hybridized carbons (Fsp3) is 0.316. The second-order valence-electron chi connectivity index (χ2n) is 6.16. The fourth-order valence-electron chi connectivity index (χ4n) is 2.46. The van der Waals surface area contributed by atoms with Crippen LogP contribution in [0.1, 0.15) is 20.8 Å². The maximum Gasteiger partial charge on any atom is 0.240 e. The minimum Gasteiger partial charge on any atom is -0.491 e. The van der Waals surface area contributed by atoms with Crippen LogP contribution in [0.4, 0.5) is 10.1 Å². The summed E-state index contributed by atoms with van der Waals surface area (Å²) < 4.78 is 46.6. The van der Waals surface area contributed by atoms with E-state index in [1.54, 1.807) is 18.2 Å². The summed E-state index contributed by atoms with van der Waals surface area (Å²) in [5.41, 5.74) is 0.111. The number of benzene rings is 2. The van der Waals surface area contributed by atoms with Crippen LogP contribution in [-0.4, -0.2) is 33.5 Å². The first-order valence-electron chi connectivity index (χ1n) is 8.49. The summed E-state index contributed by atoms with van der Waals surface area (Å²) in [5, 5.41) is 0. The van der Waals surface area contributed by atoms with Gasteiger partial charge in [0.15, 0.2) is 0 Å². The number of anilines is 1. The second-order valence-corrected chi connectivity index (χ2v) is 7.92. The molecule has 0 aliphatic heterocycles. The van der Waals surface area contributed by atoms with Crippen LogP contribution in [0.5, 0.6) is 5.75 Å². The summed E-state index contributed by atoms with van der Waals surface area (Å²) in [6.45, 7) is 5.00. The van der Waals surface area contributed by atoms with Gasteiger partial charge in [-0.15, -0.1) is 0 Å². The first-order chi connectivity index (χ1) is 12.7. The van der Waals surface area contributed by atoms with Crippen LogP contribution in [0.15, 0.2) is 53.4 Å². The number of amides is 1. The number of para-hydroxylation sites is 1. The van der Waals surface area contributed by atoms with E-state index < -0.39 is 15.8 Å². The Balaban J connectivity index is 2.03. The molecule has 0 aliphatic carbocycles. The summed E-state index contributed by atoms with van der Waals surface area (Å²) in [6, 6.07) is 11.9. The number of rotatable bonds is 8. The van der Waals surface area contributed by atoms with Crippen LogP contribution in [0.3, 0.4) is 0 Å². The first kappa shape index (κ1) is 20.9. The largest absolute Gasteiger partial charge is 0.491 e. The second kappa shape index (κ2) is 8.96. The maximum absolute atomic E-state index is 13.9. The van der Waals surface area contributed by atoms with Gasteiger partial charge in [0.25, 0.3) is 0 Å². The highest BCUT2D eigenvalue weighted by Gasteiger charge is 2.18. The van der Waals surface area contributed by atoms with E-state index in [1.165, 1.54) is 42.2 Å². The van der Waals surface area contributed by atoms with Crippen molar-refractivity contribution in [3.8, 4) is 5.75 Å². The molecule has 0 aliphatic rings. The van der Waals surface area contributed by atoms with Crippen molar-refractivity contribution in [3.63, 3.8) is 0 Å². The van der Waals surface area contributed by atoms with Crippen molar-refractivity contribution in [3.05, 3.63) is 54.3 Å². The third-order valence-electron chi connectivity index (χ3n) is 3.66. The van der Waals surface area contributed by atoms with Crippen LogP contribution in [0, 0.1) is 5.82 Å². The quantitative estimate of drug-likeness (QED) is 0.747. The van der Waals surface area contributed by atoms with E-state index in [9.17, 15) is 17.6 Å². The SMILES string of the molecule is CC(=O)N(CCNS(=O)(=O)c1ccc(OC(C)C)cc1)c1ccccc1F. The molecule has 2 aromatic carbocycles. The molecule has 0 aromatic heterocycles. The molecule has 6 nitrogen and oxygen atoms in total. The van der Waals surface area contributed by atoms with Gasteiger partial charge in [-0.1, -0.05) is 12.1 Å². The Hall–Kier alpha value is -2.45. The molecule has 2 rings (SSSR count). The molecule has 0 fully saturated rings. The van der Waals surface area contributed by atoms with Crippen LogP contribution in [0.25, 0.3) is 0 Å². The lowest BCUT2D eigenvalue weighted by atomic mass is 10.2. The van der Waals surface area contributed by atoms with E-state index in [2.05, 4.69) is 4.72 Å². The van der Waals surface area contributed by atoms with E-state index in [4.69, 9.17) is 4.74 Å². The van der Waals surface area contributed by atoms with Crippen molar-refractivity contribution in [2.45, 2.75) is 31.8 Å². The predicted molar refractivity (Wildman–Crippen MR) is 102 cm³/mol. The van der Waals surface area contributed by atoms with E-state index in [1.807, 2.05) is 13.8 Å². The number of ether oxygens (including phenoxy) is 1. The molecule has 0 heterocycles. The summed E-state index contributed by atoms with van der Waals surface area (Å²) in [6.07, 6.45) is -0.0125. The molecule has 0 unspecified atom stereocenters. The van der Waals surface area contributed by atoms with Gasteiger partial charge in [0, 0.05) is 20.0 Å². The molecular weight excluding hydrogens is 371 g/mol. The standard InChI is InChI=1S/C19H23FN2O4S/c1-14(2)26-16-8-10-17(11-9-16)27(24,25)21-12-13-22(15(3)23)19-7-5-4-6-18(19)20/h4-11,14,21H,12-13H2,1-3H3. The van der Waals surface area contributed by atoms with Crippen molar-refractivity contribution in [2.75, 3.05) is 18.0 Å². The smallest absolute Gasteiger partial charge is 0.240 e. The number of carbonyl (C=O) groups is 1. The highest BCUT2D eigenvalue weighted by atomic mass is 32.2. The molecule has 8 heteroatoms. The van der Waals surface area contributed by atoms with Gasteiger partial charge >= 0.3 is 0 Å². The number of hydrogen-bond acceptors (Lipinski definition) is 4. The lowest BCUT2D eigenvalue weighted by Crippen LogP contribution is -2.38. The highest BCUT2D eigenvalue weighted by molar-refractivity contribution is 7.89. The van der Waals surface area contributed by atoms with E-state index in [0.717, 1.165) is 0 Å². The van der Waals surface area contributed by atoms with Crippen LogP contribution < -0.4 is 14.4 Å². The van der Waals surface area contributed by atoms with Gasteiger partial charge in [0.05, 0.1) is 16.7 Å². The van der Waals surface area contributed by atoms with Crippen molar-refractivity contribution >= 4 is 21.6 Å². The van der Waals surface area contributed by atoms with E-state index >= 15 is 0 Å². The van der Waals surface area contributed by atoms with Gasteiger partial charge in [-0.25, -0.2) is 17.5 Å². The molecule has 0 radical (unpaired) electrons. The summed E-state index contributed by atoms with van der Waals surface area (Å²) in [5.74, 6) is -0.350. The Kier molecular flexibility index (Phi) is 6.92. The van der Waals surface area contributed by atoms with Gasteiger partial charge in [-0.2, -0.15) is 0 Å². The number of nitrogens with zero attached hydrogens (tertiary/aromatic N) is 1. The molecule has 0 saturated heterocycles. The Morgan fingerprint density at radius 1 is 1.15 bits per heavy atom. The molecule has 0 atom stereocenters. The normalized spacial score (nSPS) is 11.4. The Morgan fingerprint density at radius 2 is 1.78 bits per heavy atom. The van der Waals surface area contributed by atoms with Gasteiger partial charge in [-0.05, 0) is 50.2 Å². The fourth-order valence-corrected chi connectivity index (χ4v) is 3.48. The topological polar surface area (TPSA) is 75.7 Å². The van der Waals surface area contributed by atoms with Crippen molar-refractivity contribution in [1.29, 1.82) is 0 Å². The molecule has 2 aromatic rings. The Morgan fingerprint density at radius 3 is 2.33 bits per heavy atom. The summed E-state index contributed by atoms with van der Waals surface area (Å²) >= 11 is 0. The molecule has 0 spiro atoms. The number of halogens is 1. The number of nitrogens with one attached hydrogen (secondary N) is 1. The molecule has 27 heavy (non-hydrogen) atoms. The minimum atomic E-state index is -3.76. The summed E-state index contributed by atoms with van der Waals surface area (Å²) in [7, 11) is -3.76. The minimum absolute atomic E-state index is 0.00401. The zero-order valence-corrected chi connectivity index (χ0v) is 16.3. The molecule has 0 saturated carbocycles. The molecule has 146 valence electrons. The summed E-state index contributed by atoms with van der Waals surface area (Å²) in [4.78, 5) is 13.1. The van der Waals surface area contributed by atoms with Gasteiger partial charge in [0.2, 0.25) is 15.9 Å². The third-order valence-corrected chi connectivity index (χ3v) is 5.13. The zero-order valence-electron chi connectivity index (χ0n) is 15.5. The average Bonchev–Trinajstić information content (AvgIpc) is 2.59. The Labute approximate surface area is 159 Å². The zero-order chi connectivity index (χ0) is 20.0. The monoisotopic (exact) mass is 394 g/mol. The molecule has 1 amide bonds. The van der Waals surface area contributed by atoms with Gasteiger partial charge < -0.3 is 9.64 Å². The number of carbonyl (C=O) groups excluding carboxylic acids is 1. The molecular formula is C19H23FN2O4S. The van der Waals surface area contributed by atoms with Crippen molar-refractivity contribution in [1.82, 2.24) is 4.72 Å². The van der Waals surface area contributed by atoms with Gasteiger partial charge in [0.1, 0.15) is 11.6 Å². The number of sulfonamides is 1. The lowest BCUT2D eigenvalue weighted by Gasteiger charge is -2.21. The van der Waals surface area contributed by atoms with Crippen molar-refractivity contribution in [2.24, 2.45) is 0 Å². The van der Waals surface area contributed by atoms with Gasteiger partial charge in [-0.3, -0.25) is 4.79 Å². The van der Waals surface area contributed by atoms with Crippen molar-refractivity contribution < 1.29 is 22.3 Å². The van der Waals surface area contributed by atoms with E-state index in [0.29, 0.717) is 5.75 Å². The molecule has 1 N–H and O–H groups in total. The molecule has 0 bridgehead atoms.